The highest BCUT2D eigenvalue weighted by Crippen LogP contribution is 2.15. The molecule has 3 aromatic heterocycles. The number of carbonyl (C=O) groups excluding carboxylic acids is 1. The van der Waals surface area contributed by atoms with Gasteiger partial charge in [-0.15, -0.1) is 0 Å². The molecule has 0 atom stereocenters. The van der Waals surface area contributed by atoms with Crippen LogP contribution >= 0.6 is 0 Å². The molecule has 0 aliphatic carbocycles. The van der Waals surface area contributed by atoms with Crippen molar-refractivity contribution in [3.8, 4) is 5.95 Å². The lowest BCUT2D eigenvalue weighted by Crippen LogP contribution is -2.34. The zero-order valence-electron chi connectivity index (χ0n) is 19.1. The number of nitrogens with zero attached hydrogens (tertiary/aromatic N) is 6. The Bertz CT molecular complexity index is 1350. The molecule has 33 heavy (non-hydrogen) atoms. The monoisotopic (exact) mass is 446 g/mol. The Hall–Kier alpha value is -3.92. The summed E-state index contributed by atoms with van der Waals surface area (Å²) in [4.78, 5) is 43.3. The van der Waals surface area contributed by atoms with Crippen LogP contribution in [0.15, 0.2) is 41.2 Å². The van der Waals surface area contributed by atoms with Crippen LogP contribution in [0, 0.1) is 20.8 Å². The van der Waals surface area contributed by atoms with Crippen LogP contribution in [0.4, 0.5) is 5.82 Å². The molecule has 0 radical (unpaired) electrons. The molecule has 0 bridgehead atoms. The molecule has 4 rings (SSSR count). The van der Waals surface area contributed by atoms with E-state index in [1.54, 1.807) is 24.3 Å². The molecule has 10 heteroatoms. The van der Waals surface area contributed by atoms with E-state index in [9.17, 15) is 9.59 Å². The van der Waals surface area contributed by atoms with Crippen LogP contribution in [0.1, 0.15) is 29.8 Å². The largest absolute Gasteiger partial charge is 0.309 e. The molecule has 2 N–H and O–H groups in total. The molecule has 4 aromatic rings. The number of anilines is 1. The zero-order valence-corrected chi connectivity index (χ0v) is 19.1. The molecule has 3 heterocycles. The Kier molecular flexibility index (Phi) is 6.27. The van der Waals surface area contributed by atoms with Gasteiger partial charge in [0.2, 0.25) is 5.91 Å². The maximum absolute atomic E-state index is 12.9. The maximum Gasteiger partial charge on any atom is 0.258 e. The van der Waals surface area contributed by atoms with Gasteiger partial charge in [-0.1, -0.05) is 19.1 Å². The number of nitrogens with one attached hydrogen (secondary N) is 2. The normalized spacial score (nSPS) is 11.3. The second kappa shape index (κ2) is 9.29. The summed E-state index contributed by atoms with van der Waals surface area (Å²) in [5.74, 6) is 1.19. The number of hydrogen-bond donors (Lipinski definition) is 2. The number of amides is 1. The zero-order chi connectivity index (χ0) is 23.5. The smallest absolute Gasteiger partial charge is 0.258 e. The summed E-state index contributed by atoms with van der Waals surface area (Å²) in [6, 6.07) is 10.8. The van der Waals surface area contributed by atoms with Crippen molar-refractivity contribution in [2.24, 2.45) is 0 Å². The second-order valence-electron chi connectivity index (χ2n) is 7.91. The predicted molar refractivity (Wildman–Crippen MR) is 125 cm³/mol. The number of aromatic nitrogens is 6. The van der Waals surface area contributed by atoms with Crippen molar-refractivity contribution in [2.75, 3.05) is 18.4 Å². The van der Waals surface area contributed by atoms with Crippen molar-refractivity contribution in [1.82, 2.24) is 34.6 Å². The molecule has 0 aliphatic heterocycles. The number of hydrogen-bond acceptors (Lipinski definition) is 7. The van der Waals surface area contributed by atoms with E-state index in [2.05, 4.69) is 30.4 Å². The SMILES string of the molecule is CCN(CC(=O)Nc1cc(C)nn1-c1nc(C)cc(C)n1)Cc1nc2ccccc2c(=O)[nH]1. The summed E-state index contributed by atoms with van der Waals surface area (Å²) in [6.45, 7) is 8.61. The Labute approximate surface area is 190 Å². The van der Waals surface area contributed by atoms with Crippen LogP contribution in [0.5, 0.6) is 0 Å². The highest BCUT2D eigenvalue weighted by Gasteiger charge is 2.16. The molecule has 1 aromatic carbocycles. The first-order chi connectivity index (χ1) is 15.8. The quantitative estimate of drug-likeness (QED) is 0.447. The van der Waals surface area contributed by atoms with E-state index in [0.29, 0.717) is 41.6 Å². The number of aromatic amines is 1. The average molecular weight is 447 g/mol. The Morgan fingerprint density at radius 1 is 1.06 bits per heavy atom. The number of rotatable bonds is 7. The first-order valence-electron chi connectivity index (χ1n) is 10.7. The molecule has 0 aliphatic rings. The maximum atomic E-state index is 12.9. The summed E-state index contributed by atoms with van der Waals surface area (Å²) >= 11 is 0. The summed E-state index contributed by atoms with van der Waals surface area (Å²) in [6.07, 6.45) is 0. The van der Waals surface area contributed by atoms with Crippen LogP contribution in [0.3, 0.4) is 0 Å². The van der Waals surface area contributed by atoms with E-state index in [-0.39, 0.29) is 18.0 Å². The molecule has 0 unspecified atom stereocenters. The van der Waals surface area contributed by atoms with Crippen molar-refractivity contribution < 1.29 is 4.79 Å². The van der Waals surface area contributed by atoms with Crippen LogP contribution in [0.25, 0.3) is 16.9 Å². The van der Waals surface area contributed by atoms with E-state index in [4.69, 9.17) is 0 Å². The van der Waals surface area contributed by atoms with Gasteiger partial charge in [0, 0.05) is 17.5 Å². The molecule has 0 fully saturated rings. The van der Waals surface area contributed by atoms with E-state index in [1.807, 2.05) is 44.7 Å². The van der Waals surface area contributed by atoms with Crippen molar-refractivity contribution in [3.63, 3.8) is 0 Å². The lowest BCUT2D eigenvalue weighted by Gasteiger charge is -2.19. The summed E-state index contributed by atoms with van der Waals surface area (Å²) in [7, 11) is 0. The fourth-order valence-electron chi connectivity index (χ4n) is 3.63. The molecular formula is C23H26N8O2. The van der Waals surface area contributed by atoms with Crippen LogP contribution in [-0.2, 0) is 11.3 Å². The molecular weight excluding hydrogens is 420 g/mol. The number of carbonyl (C=O) groups is 1. The number of benzene rings is 1. The fraction of sp³-hybridized carbons (Fsp3) is 0.304. The third kappa shape index (κ3) is 5.12. The summed E-state index contributed by atoms with van der Waals surface area (Å²) < 4.78 is 1.53. The molecule has 170 valence electrons. The van der Waals surface area contributed by atoms with Gasteiger partial charge < -0.3 is 10.3 Å². The Balaban J connectivity index is 1.50. The van der Waals surface area contributed by atoms with Gasteiger partial charge in [0.1, 0.15) is 11.6 Å². The van der Waals surface area contributed by atoms with Gasteiger partial charge in [0.15, 0.2) is 0 Å². The number of para-hydroxylation sites is 1. The van der Waals surface area contributed by atoms with Crippen molar-refractivity contribution >= 4 is 22.6 Å². The minimum absolute atomic E-state index is 0.116. The highest BCUT2D eigenvalue weighted by atomic mass is 16.2. The minimum Gasteiger partial charge on any atom is -0.309 e. The van der Waals surface area contributed by atoms with Gasteiger partial charge in [-0.2, -0.15) is 9.78 Å². The summed E-state index contributed by atoms with van der Waals surface area (Å²) in [5.41, 5.74) is 2.81. The molecule has 0 saturated heterocycles. The van der Waals surface area contributed by atoms with Crippen molar-refractivity contribution in [2.45, 2.75) is 34.2 Å². The van der Waals surface area contributed by atoms with Gasteiger partial charge in [-0.05, 0) is 45.5 Å². The van der Waals surface area contributed by atoms with Gasteiger partial charge in [-0.3, -0.25) is 14.5 Å². The molecule has 0 saturated carbocycles. The fourth-order valence-corrected chi connectivity index (χ4v) is 3.63. The first-order valence-corrected chi connectivity index (χ1v) is 10.7. The van der Waals surface area contributed by atoms with Crippen LogP contribution in [0.2, 0.25) is 0 Å². The predicted octanol–water partition coefficient (Wildman–Crippen LogP) is 2.28. The lowest BCUT2D eigenvalue weighted by atomic mass is 10.2. The minimum atomic E-state index is -0.217. The van der Waals surface area contributed by atoms with Crippen LogP contribution in [-0.4, -0.2) is 53.6 Å². The second-order valence-corrected chi connectivity index (χ2v) is 7.91. The number of H-pyrrole nitrogens is 1. The standard InChI is InChI=1S/C23H26N8O2/c1-5-30(12-19-26-18-9-7-6-8-17(18)22(33)27-19)13-21(32)28-20-11-16(4)29-31(20)23-24-14(2)10-15(3)25-23/h6-11H,5,12-13H2,1-4H3,(H,28,32)(H,26,27,33). The van der Waals surface area contributed by atoms with Gasteiger partial charge in [0.05, 0.1) is 29.7 Å². The number of likely N-dealkylation sites (N-methyl/N-ethyl adjacent to an activating group) is 1. The molecule has 10 nitrogen and oxygen atoms in total. The molecule has 1 amide bonds. The van der Waals surface area contributed by atoms with E-state index < -0.39 is 0 Å². The number of fused-ring (bicyclic) bond motifs is 1. The van der Waals surface area contributed by atoms with Gasteiger partial charge >= 0.3 is 0 Å². The van der Waals surface area contributed by atoms with Gasteiger partial charge in [0.25, 0.3) is 11.5 Å². The lowest BCUT2D eigenvalue weighted by molar-refractivity contribution is -0.117. The topological polar surface area (TPSA) is 122 Å². The Morgan fingerprint density at radius 2 is 1.79 bits per heavy atom. The van der Waals surface area contributed by atoms with Crippen molar-refractivity contribution in [3.05, 3.63) is 69.7 Å². The summed E-state index contributed by atoms with van der Waals surface area (Å²) in [5, 5.41) is 7.88. The number of aryl methyl sites for hydroxylation is 3. The third-order valence-electron chi connectivity index (χ3n) is 5.11. The van der Waals surface area contributed by atoms with E-state index in [1.165, 1.54) is 4.68 Å². The first kappa shape index (κ1) is 22.3. The van der Waals surface area contributed by atoms with E-state index >= 15 is 0 Å². The van der Waals surface area contributed by atoms with Crippen molar-refractivity contribution in [1.29, 1.82) is 0 Å². The van der Waals surface area contributed by atoms with Gasteiger partial charge in [-0.25, -0.2) is 15.0 Å². The highest BCUT2D eigenvalue weighted by molar-refractivity contribution is 5.91. The molecule has 0 spiro atoms. The van der Waals surface area contributed by atoms with E-state index in [0.717, 1.165) is 17.1 Å². The van der Waals surface area contributed by atoms with Crippen LogP contribution < -0.4 is 10.9 Å². The average Bonchev–Trinajstić information content (AvgIpc) is 3.12. The third-order valence-corrected chi connectivity index (χ3v) is 5.11. The Morgan fingerprint density at radius 3 is 2.52 bits per heavy atom.